The number of hydrogen-bond acceptors (Lipinski definition) is 4. The van der Waals surface area contributed by atoms with Crippen molar-refractivity contribution in [2.45, 2.75) is 6.92 Å². The highest BCUT2D eigenvalue weighted by Gasteiger charge is 2.18. The Kier molecular flexibility index (Phi) is 2.26. The average Bonchev–Trinajstić information content (AvgIpc) is 2.93. The number of halogens is 1. The molecule has 1 aromatic carbocycles. The molecule has 0 aliphatic rings. The Morgan fingerprint density at radius 1 is 1.33 bits per heavy atom. The van der Waals surface area contributed by atoms with Crippen LogP contribution in [0.3, 0.4) is 0 Å². The fraction of sp³-hybridized carbons (Fsp3) is 0.0769. The average molecular weight is 245 g/mol. The number of rotatable bonds is 2. The molecule has 0 radical (unpaired) electrons. The molecule has 2 aromatic heterocycles. The molecule has 5 heteroatoms. The van der Waals surface area contributed by atoms with Crippen molar-refractivity contribution in [3.8, 4) is 0 Å². The Bertz CT molecular complexity index is 742. The van der Waals surface area contributed by atoms with E-state index in [2.05, 4.69) is 4.98 Å². The van der Waals surface area contributed by atoms with E-state index in [1.165, 1.54) is 30.5 Å². The molecule has 0 amide bonds. The van der Waals surface area contributed by atoms with Crippen LogP contribution in [0.15, 0.2) is 39.4 Å². The zero-order chi connectivity index (χ0) is 12.7. The van der Waals surface area contributed by atoms with Gasteiger partial charge in [-0.2, -0.15) is 0 Å². The van der Waals surface area contributed by atoms with Gasteiger partial charge in [0.2, 0.25) is 5.78 Å². The number of aryl methyl sites for hydroxylation is 1. The maximum absolute atomic E-state index is 13.0. The molecule has 18 heavy (non-hydrogen) atoms. The van der Waals surface area contributed by atoms with Gasteiger partial charge in [-0.25, -0.2) is 9.37 Å². The van der Waals surface area contributed by atoms with Crippen LogP contribution in [0.2, 0.25) is 0 Å². The number of carbonyl (C=O) groups is 1. The first-order valence-electron chi connectivity index (χ1n) is 5.29. The quantitative estimate of drug-likeness (QED) is 0.651. The smallest absolute Gasteiger partial charge is 0.249 e. The molecule has 3 aromatic rings. The summed E-state index contributed by atoms with van der Waals surface area (Å²) >= 11 is 0. The highest BCUT2D eigenvalue weighted by atomic mass is 19.1. The number of fused-ring (bicyclic) bond motifs is 1. The summed E-state index contributed by atoms with van der Waals surface area (Å²) in [5, 5.41) is 0.540. The summed E-state index contributed by atoms with van der Waals surface area (Å²) in [5.74, 6) is -0.243. The zero-order valence-electron chi connectivity index (χ0n) is 9.44. The Morgan fingerprint density at radius 2 is 2.17 bits per heavy atom. The third kappa shape index (κ3) is 1.69. The van der Waals surface area contributed by atoms with Crippen LogP contribution >= 0.6 is 0 Å². The van der Waals surface area contributed by atoms with Gasteiger partial charge in [-0.3, -0.25) is 4.79 Å². The summed E-state index contributed by atoms with van der Waals surface area (Å²) in [6.45, 7) is 1.64. The predicted molar refractivity (Wildman–Crippen MR) is 60.8 cm³/mol. The van der Waals surface area contributed by atoms with Gasteiger partial charge in [0.1, 0.15) is 17.7 Å². The number of benzene rings is 1. The summed E-state index contributed by atoms with van der Waals surface area (Å²) in [5.41, 5.74) is 0.631. The highest BCUT2D eigenvalue weighted by Crippen LogP contribution is 2.22. The molecule has 0 spiro atoms. The maximum atomic E-state index is 13.0. The van der Waals surface area contributed by atoms with E-state index in [0.717, 1.165) is 0 Å². The molecule has 4 nitrogen and oxygen atoms in total. The third-order valence-electron chi connectivity index (χ3n) is 2.55. The minimum absolute atomic E-state index is 0.115. The molecule has 0 saturated carbocycles. The molecular weight excluding hydrogens is 237 g/mol. The maximum Gasteiger partial charge on any atom is 0.249 e. The van der Waals surface area contributed by atoms with Gasteiger partial charge >= 0.3 is 0 Å². The first-order chi connectivity index (χ1) is 8.63. The lowest BCUT2D eigenvalue weighted by Crippen LogP contribution is -1.99. The molecule has 0 atom stereocenters. The van der Waals surface area contributed by atoms with E-state index in [-0.39, 0.29) is 23.1 Å². The van der Waals surface area contributed by atoms with E-state index >= 15 is 0 Å². The Balaban J connectivity index is 2.06. The molecule has 0 N–H and O–H groups in total. The van der Waals surface area contributed by atoms with E-state index in [1.54, 1.807) is 6.92 Å². The molecule has 0 bridgehead atoms. The van der Waals surface area contributed by atoms with E-state index in [0.29, 0.717) is 16.9 Å². The number of ketones is 1. The number of furan rings is 1. The molecule has 0 unspecified atom stereocenters. The zero-order valence-corrected chi connectivity index (χ0v) is 9.44. The van der Waals surface area contributed by atoms with Gasteiger partial charge in [0.25, 0.3) is 0 Å². The van der Waals surface area contributed by atoms with Crippen LogP contribution in [0, 0.1) is 12.7 Å². The molecule has 0 saturated heterocycles. The minimum atomic E-state index is -0.386. The normalized spacial score (nSPS) is 11.0. The van der Waals surface area contributed by atoms with Crippen LogP contribution in [-0.4, -0.2) is 10.8 Å². The van der Waals surface area contributed by atoms with Gasteiger partial charge in [-0.05, 0) is 24.3 Å². The minimum Gasteiger partial charge on any atom is -0.453 e. The van der Waals surface area contributed by atoms with Crippen molar-refractivity contribution in [3.05, 3.63) is 53.7 Å². The summed E-state index contributed by atoms with van der Waals surface area (Å²) < 4.78 is 23.3. The predicted octanol–water partition coefficient (Wildman–Crippen LogP) is 3.10. The molecule has 0 aliphatic carbocycles. The third-order valence-corrected chi connectivity index (χ3v) is 2.55. The van der Waals surface area contributed by atoms with E-state index < -0.39 is 0 Å². The fourth-order valence-electron chi connectivity index (χ4n) is 1.72. The van der Waals surface area contributed by atoms with Crippen molar-refractivity contribution < 1.29 is 18.0 Å². The van der Waals surface area contributed by atoms with Gasteiger partial charge in [-0.1, -0.05) is 0 Å². The van der Waals surface area contributed by atoms with Crippen molar-refractivity contribution in [3.63, 3.8) is 0 Å². The van der Waals surface area contributed by atoms with Gasteiger partial charge in [0.05, 0.1) is 0 Å². The highest BCUT2D eigenvalue weighted by molar-refractivity contribution is 6.07. The monoisotopic (exact) mass is 245 g/mol. The summed E-state index contributed by atoms with van der Waals surface area (Å²) in [4.78, 5) is 15.9. The van der Waals surface area contributed by atoms with E-state index in [4.69, 9.17) is 8.83 Å². The lowest BCUT2D eigenvalue weighted by atomic mass is 10.2. The largest absolute Gasteiger partial charge is 0.453 e. The summed E-state index contributed by atoms with van der Waals surface area (Å²) in [6, 6.07) is 5.56. The van der Waals surface area contributed by atoms with Crippen molar-refractivity contribution in [1.29, 1.82) is 0 Å². The summed E-state index contributed by atoms with van der Waals surface area (Å²) in [7, 11) is 0. The van der Waals surface area contributed by atoms with Gasteiger partial charge < -0.3 is 8.83 Å². The van der Waals surface area contributed by atoms with Crippen LogP contribution < -0.4 is 0 Å². The molecule has 0 aliphatic heterocycles. The molecule has 0 fully saturated rings. The van der Waals surface area contributed by atoms with Crippen LogP contribution in [0.25, 0.3) is 11.0 Å². The van der Waals surface area contributed by atoms with Gasteiger partial charge in [0.15, 0.2) is 17.3 Å². The second-order valence-electron chi connectivity index (χ2n) is 3.87. The topological polar surface area (TPSA) is 56.2 Å². The molecule has 3 rings (SSSR count). The standard InChI is InChI=1S/C13H8FNO3/c1-7-15-10(6-17-7)13(16)12-5-8-4-9(14)2-3-11(8)18-12/h2-6H,1H3. The number of nitrogens with zero attached hydrogens (tertiary/aromatic N) is 1. The van der Waals surface area contributed by atoms with Crippen molar-refractivity contribution in [2.24, 2.45) is 0 Å². The van der Waals surface area contributed by atoms with Crippen LogP contribution in [0.1, 0.15) is 22.1 Å². The van der Waals surface area contributed by atoms with Crippen LogP contribution in [-0.2, 0) is 0 Å². The van der Waals surface area contributed by atoms with Crippen molar-refractivity contribution >= 4 is 16.8 Å². The second-order valence-corrected chi connectivity index (χ2v) is 3.87. The fourth-order valence-corrected chi connectivity index (χ4v) is 1.72. The number of oxazole rings is 1. The number of aromatic nitrogens is 1. The van der Waals surface area contributed by atoms with Crippen LogP contribution in [0.5, 0.6) is 0 Å². The van der Waals surface area contributed by atoms with Crippen molar-refractivity contribution in [1.82, 2.24) is 4.98 Å². The van der Waals surface area contributed by atoms with Crippen LogP contribution in [0.4, 0.5) is 4.39 Å². The Morgan fingerprint density at radius 3 is 2.89 bits per heavy atom. The molecule has 2 heterocycles. The summed E-state index contributed by atoms with van der Waals surface area (Å²) in [6.07, 6.45) is 1.27. The Labute approximate surface area is 101 Å². The van der Waals surface area contributed by atoms with E-state index in [9.17, 15) is 9.18 Å². The van der Waals surface area contributed by atoms with Gasteiger partial charge in [-0.15, -0.1) is 0 Å². The number of carbonyl (C=O) groups excluding carboxylic acids is 1. The molecule has 90 valence electrons. The lowest BCUT2D eigenvalue weighted by Gasteiger charge is -1.89. The number of hydrogen-bond donors (Lipinski definition) is 0. The van der Waals surface area contributed by atoms with Gasteiger partial charge in [0, 0.05) is 12.3 Å². The lowest BCUT2D eigenvalue weighted by molar-refractivity contribution is 0.101. The first kappa shape index (κ1) is 10.7. The Hall–Kier alpha value is -2.43. The SMILES string of the molecule is Cc1nc(C(=O)c2cc3cc(F)ccc3o2)co1. The second kappa shape index (κ2) is 3.80. The van der Waals surface area contributed by atoms with Crippen molar-refractivity contribution in [2.75, 3.05) is 0 Å². The molecular formula is C13H8FNO3. The first-order valence-corrected chi connectivity index (χ1v) is 5.29. The van der Waals surface area contributed by atoms with E-state index in [1.807, 2.05) is 0 Å².